The zero-order valence-corrected chi connectivity index (χ0v) is 24.6. The highest BCUT2D eigenvalue weighted by Gasteiger charge is 2.12. The Kier molecular flexibility index (Phi) is 29.3. The Hall–Kier alpha value is -0.780. The van der Waals surface area contributed by atoms with E-state index in [1.165, 1.54) is 88.4 Å². The van der Waals surface area contributed by atoms with Gasteiger partial charge in [0.05, 0.1) is 25.6 Å². The van der Waals surface area contributed by atoms with Crippen molar-refractivity contribution in [1.82, 2.24) is 9.80 Å². The van der Waals surface area contributed by atoms with Gasteiger partial charge in [-0.25, -0.2) is 0 Å². The van der Waals surface area contributed by atoms with E-state index in [-0.39, 0.29) is 32.3 Å². The van der Waals surface area contributed by atoms with E-state index in [1.54, 1.807) is 11.9 Å². The van der Waals surface area contributed by atoms with Crippen molar-refractivity contribution in [3.63, 3.8) is 0 Å². The number of rotatable bonds is 25. The van der Waals surface area contributed by atoms with Crippen molar-refractivity contribution < 1.29 is 33.1 Å². The van der Waals surface area contributed by atoms with Crippen LogP contribution in [0, 0.1) is 0 Å². The SMILES string of the molecule is CCCCCCCCCCCCCCCCCC(=O)N(C)CCS(=O)(=O)O.OCCN(CCO)CCO. The van der Waals surface area contributed by atoms with Crippen molar-refractivity contribution in [1.29, 1.82) is 0 Å². The zero-order chi connectivity index (χ0) is 28.2. The molecule has 0 aliphatic heterocycles. The van der Waals surface area contributed by atoms with Crippen molar-refractivity contribution in [2.45, 2.75) is 110 Å². The fourth-order valence-corrected chi connectivity index (χ4v) is 4.48. The Balaban J connectivity index is 0. The first-order chi connectivity index (χ1) is 17.7. The molecule has 0 aliphatic carbocycles. The van der Waals surface area contributed by atoms with Gasteiger partial charge in [-0.1, -0.05) is 96.8 Å². The molecule has 1 amide bonds. The lowest BCUT2D eigenvalue weighted by Crippen LogP contribution is -2.32. The Morgan fingerprint density at radius 2 is 0.973 bits per heavy atom. The summed E-state index contributed by atoms with van der Waals surface area (Å²) < 4.78 is 30.1. The maximum atomic E-state index is 11.8. The number of aliphatic hydroxyl groups excluding tert-OH is 3. The minimum absolute atomic E-state index is 0.0478. The quantitative estimate of drug-likeness (QED) is 0.0986. The Labute approximate surface area is 227 Å². The van der Waals surface area contributed by atoms with Gasteiger partial charge in [-0.2, -0.15) is 8.42 Å². The maximum absolute atomic E-state index is 11.8. The number of unbranched alkanes of at least 4 members (excludes halogenated alkanes) is 14. The summed E-state index contributed by atoms with van der Waals surface area (Å²) in [5.74, 6) is -0.443. The summed E-state index contributed by atoms with van der Waals surface area (Å²) in [6.07, 6.45) is 19.8. The molecule has 10 heteroatoms. The second kappa shape index (κ2) is 28.2. The molecule has 0 saturated heterocycles. The van der Waals surface area contributed by atoms with E-state index >= 15 is 0 Å². The third-order valence-electron chi connectivity index (χ3n) is 6.35. The molecular weight excluding hydrogens is 496 g/mol. The molecule has 9 nitrogen and oxygen atoms in total. The van der Waals surface area contributed by atoms with Gasteiger partial charge < -0.3 is 20.2 Å². The van der Waals surface area contributed by atoms with Crippen molar-refractivity contribution in [2.75, 3.05) is 58.8 Å². The molecule has 0 atom stereocenters. The molecule has 0 spiro atoms. The lowest BCUT2D eigenvalue weighted by molar-refractivity contribution is -0.129. The molecule has 0 saturated carbocycles. The Morgan fingerprint density at radius 1 is 0.622 bits per heavy atom. The van der Waals surface area contributed by atoms with Crippen molar-refractivity contribution >= 4 is 16.0 Å². The third-order valence-corrected chi connectivity index (χ3v) is 7.05. The predicted octanol–water partition coefficient (Wildman–Crippen LogP) is 3.86. The highest BCUT2D eigenvalue weighted by Crippen LogP contribution is 2.14. The summed E-state index contributed by atoms with van der Waals surface area (Å²) in [5, 5.41) is 25.5. The molecule has 0 radical (unpaired) electrons. The summed E-state index contributed by atoms with van der Waals surface area (Å²) in [4.78, 5) is 15.0. The summed E-state index contributed by atoms with van der Waals surface area (Å²) in [6.45, 7) is 4.06. The molecule has 0 bridgehead atoms. The first-order valence-electron chi connectivity index (χ1n) is 14.5. The molecule has 0 rings (SSSR count). The van der Waals surface area contributed by atoms with Crippen molar-refractivity contribution in [3.05, 3.63) is 0 Å². The van der Waals surface area contributed by atoms with Crippen LogP contribution in [0.1, 0.15) is 110 Å². The largest absolute Gasteiger partial charge is 0.395 e. The van der Waals surface area contributed by atoms with E-state index in [4.69, 9.17) is 19.9 Å². The first kappa shape index (κ1) is 38.4. The second-order valence-electron chi connectivity index (χ2n) is 9.81. The van der Waals surface area contributed by atoms with Gasteiger partial charge in [0.25, 0.3) is 10.1 Å². The van der Waals surface area contributed by atoms with E-state index in [1.807, 2.05) is 0 Å². The van der Waals surface area contributed by atoms with Gasteiger partial charge in [-0.15, -0.1) is 0 Å². The van der Waals surface area contributed by atoms with Gasteiger partial charge in [0, 0.05) is 39.6 Å². The fraction of sp³-hybridized carbons (Fsp3) is 0.963. The highest BCUT2D eigenvalue weighted by molar-refractivity contribution is 7.85. The van der Waals surface area contributed by atoms with E-state index in [0.717, 1.165) is 12.8 Å². The fourth-order valence-electron chi connectivity index (χ4n) is 3.98. The average Bonchev–Trinajstić information content (AvgIpc) is 2.85. The molecule has 0 fully saturated rings. The number of carbonyl (C=O) groups excluding carboxylic acids is 1. The second-order valence-corrected chi connectivity index (χ2v) is 11.4. The van der Waals surface area contributed by atoms with Crippen LogP contribution in [0.5, 0.6) is 0 Å². The zero-order valence-electron chi connectivity index (χ0n) is 23.8. The van der Waals surface area contributed by atoms with E-state index < -0.39 is 15.9 Å². The first-order valence-corrected chi connectivity index (χ1v) is 16.1. The minimum atomic E-state index is -4.00. The van der Waals surface area contributed by atoms with Crippen molar-refractivity contribution in [2.24, 2.45) is 0 Å². The summed E-state index contributed by atoms with van der Waals surface area (Å²) >= 11 is 0. The number of hydrogen-bond acceptors (Lipinski definition) is 7. The number of aliphatic hydroxyl groups is 3. The monoisotopic (exact) mass is 554 g/mol. The molecule has 0 aromatic rings. The van der Waals surface area contributed by atoms with Crippen molar-refractivity contribution in [3.8, 4) is 0 Å². The normalized spacial score (nSPS) is 11.4. The van der Waals surface area contributed by atoms with Crippen LogP contribution < -0.4 is 0 Å². The molecule has 4 N–H and O–H groups in total. The molecule has 0 aliphatic rings. The Bertz CT molecular complexity index is 577. The predicted molar refractivity (Wildman–Crippen MR) is 151 cm³/mol. The van der Waals surface area contributed by atoms with Gasteiger partial charge in [-0.3, -0.25) is 14.2 Å². The smallest absolute Gasteiger partial charge is 0.266 e. The summed E-state index contributed by atoms with van der Waals surface area (Å²) in [5.41, 5.74) is 0. The minimum Gasteiger partial charge on any atom is -0.395 e. The molecular formula is C27H58N2O7S. The number of nitrogens with zero attached hydrogens (tertiary/aromatic N) is 2. The van der Waals surface area contributed by atoms with Crippen LogP contribution in [0.4, 0.5) is 0 Å². The van der Waals surface area contributed by atoms with Gasteiger partial charge in [-0.05, 0) is 6.42 Å². The molecule has 0 aromatic carbocycles. The van der Waals surface area contributed by atoms with Crippen LogP contribution in [0.25, 0.3) is 0 Å². The highest BCUT2D eigenvalue weighted by atomic mass is 32.2. The van der Waals surface area contributed by atoms with Crippen LogP contribution >= 0.6 is 0 Å². The van der Waals surface area contributed by atoms with Gasteiger partial charge >= 0.3 is 0 Å². The van der Waals surface area contributed by atoms with E-state index in [2.05, 4.69) is 6.92 Å². The molecule has 0 unspecified atom stereocenters. The standard InChI is InChI=1S/C21H43NO4S.C6H15NO3/c1-3-4-5-6-7-8-9-10-11-12-13-14-15-16-17-18-21(23)22(2)19-20-27(24,25)26;8-4-1-7(2-5-9)3-6-10/h3-20H2,1-2H3,(H,24,25,26);8-10H,1-6H2. The summed E-state index contributed by atoms with van der Waals surface area (Å²) in [7, 11) is -2.42. The van der Waals surface area contributed by atoms with Crippen LogP contribution in [-0.4, -0.2) is 103 Å². The van der Waals surface area contributed by atoms with Crippen LogP contribution in [0.15, 0.2) is 0 Å². The van der Waals surface area contributed by atoms with Crippen LogP contribution in [0.3, 0.4) is 0 Å². The van der Waals surface area contributed by atoms with E-state index in [9.17, 15) is 13.2 Å². The third kappa shape index (κ3) is 31.3. The lowest BCUT2D eigenvalue weighted by atomic mass is 10.0. The lowest BCUT2D eigenvalue weighted by Gasteiger charge is -2.17. The van der Waals surface area contributed by atoms with Gasteiger partial charge in [0.15, 0.2) is 0 Å². The van der Waals surface area contributed by atoms with Crippen LogP contribution in [-0.2, 0) is 14.9 Å². The van der Waals surface area contributed by atoms with Gasteiger partial charge in [0.2, 0.25) is 5.91 Å². The van der Waals surface area contributed by atoms with E-state index in [0.29, 0.717) is 26.1 Å². The van der Waals surface area contributed by atoms with Gasteiger partial charge in [0.1, 0.15) is 0 Å². The topological polar surface area (TPSA) is 139 Å². The molecule has 37 heavy (non-hydrogen) atoms. The average molecular weight is 555 g/mol. The maximum Gasteiger partial charge on any atom is 0.266 e. The number of carbonyl (C=O) groups is 1. The Morgan fingerprint density at radius 3 is 1.30 bits per heavy atom. The molecule has 224 valence electrons. The molecule has 0 aromatic heterocycles. The number of amides is 1. The summed E-state index contributed by atoms with van der Waals surface area (Å²) in [6, 6.07) is 0. The number of hydrogen-bond donors (Lipinski definition) is 4. The van der Waals surface area contributed by atoms with Crippen LogP contribution in [0.2, 0.25) is 0 Å². The molecule has 0 heterocycles.